The lowest BCUT2D eigenvalue weighted by atomic mass is 10.0. The van der Waals surface area contributed by atoms with Crippen LogP contribution in [0.3, 0.4) is 0 Å². The molecule has 0 saturated heterocycles. The number of aromatic hydroxyl groups is 2. The van der Waals surface area contributed by atoms with Gasteiger partial charge in [-0.25, -0.2) is 0 Å². The molecule has 0 saturated carbocycles. The molecule has 122 valence electrons. The van der Waals surface area contributed by atoms with Crippen molar-refractivity contribution in [3.63, 3.8) is 0 Å². The summed E-state index contributed by atoms with van der Waals surface area (Å²) in [5.41, 5.74) is 2.05. The van der Waals surface area contributed by atoms with E-state index in [2.05, 4.69) is 5.32 Å². The molecule has 0 radical (unpaired) electrons. The number of amides is 1. The number of hydrogen-bond acceptors (Lipinski definition) is 4. The summed E-state index contributed by atoms with van der Waals surface area (Å²) < 4.78 is 5.15. The summed E-state index contributed by atoms with van der Waals surface area (Å²) in [5.74, 6) is -0.164. The Bertz CT molecular complexity index is 731. The zero-order valence-electron chi connectivity index (χ0n) is 12.9. The van der Waals surface area contributed by atoms with Crippen LogP contribution in [0.4, 0.5) is 0 Å². The highest BCUT2D eigenvalue weighted by Crippen LogP contribution is 2.28. The Morgan fingerprint density at radius 1 is 1.22 bits per heavy atom. The van der Waals surface area contributed by atoms with E-state index in [0.29, 0.717) is 29.3 Å². The smallest absolute Gasteiger partial charge is 0.255 e. The van der Waals surface area contributed by atoms with E-state index < -0.39 is 0 Å². The molecule has 23 heavy (non-hydrogen) atoms. The van der Waals surface area contributed by atoms with Crippen LogP contribution in [-0.2, 0) is 6.42 Å². The van der Waals surface area contributed by atoms with Gasteiger partial charge in [0.1, 0.15) is 5.75 Å². The van der Waals surface area contributed by atoms with Crippen molar-refractivity contribution in [1.29, 1.82) is 0 Å². The molecule has 2 aromatic carbocycles. The Balaban J connectivity index is 2.03. The standard InChI is InChI=1S/C17H18ClNO4/c1-10-7-14(20)15(21)8-11(10)5-6-19-17(22)13-9-12(18)3-4-16(13)23-2/h3-4,7-9,20-21H,5-6H2,1-2H3,(H,19,22). The van der Waals surface area contributed by atoms with Crippen molar-refractivity contribution in [3.05, 3.63) is 52.0 Å². The first-order chi connectivity index (χ1) is 10.9. The summed E-state index contributed by atoms with van der Waals surface area (Å²) >= 11 is 5.91. The largest absolute Gasteiger partial charge is 0.504 e. The molecule has 0 aliphatic heterocycles. The molecule has 0 aromatic heterocycles. The third-order valence-electron chi connectivity index (χ3n) is 3.52. The number of carbonyl (C=O) groups is 1. The van der Waals surface area contributed by atoms with Crippen molar-refractivity contribution in [2.45, 2.75) is 13.3 Å². The van der Waals surface area contributed by atoms with Crippen molar-refractivity contribution in [1.82, 2.24) is 5.32 Å². The lowest BCUT2D eigenvalue weighted by Gasteiger charge is -2.11. The van der Waals surface area contributed by atoms with Crippen molar-refractivity contribution in [3.8, 4) is 17.2 Å². The van der Waals surface area contributed by atoms with Crippen LogP contribution < -0.4 is 10.1 Å². The van der Waals surface area contributed by atoms with Gasteiger partial charge in [-0.1, -0.05) is 11.6 Å². The van der Waals surface area contributed by atoms with Crippen LogP contribution in [0.25, 0.3) is 0 Å². The molecule has 2 aromatic rings. The van der Waals surface area contributed by atoms with Gasteiger partial charge in [0, 0.05) is 11.6 Å². The second kappa shape index (κ2) is 7.24. The van der Waals surface area contributed by atoms with E-state index in [-0.39, 0.29) is 17.4 Å². The monoisotopic (exact) mass is 335 g/mol. The maximum atomic E-state index is 12.2. The summed E-state index contributed by atoms with van der Waals surface area (Å²) in [6, 6.07) is 7.83. The zero-order valence-corrected chi connectivity index (χ0v) is 13.6. The number of aryl methyl sites for hydroxylation is 1. The lowest BCUT2D eigenvalue weighted by molar-refractivity contribution is 0.0951. The number of benzene rings is 2. The van der Waals surface area contributed by atoms with Gasteiger partial charge in [-0.2, -0.15) is 0 Å². The number of nitrogens with one attached hydrogen (secondary N) is 1. The molecule has 6 heteroatoms. The number of phenolic OH excluding ortho intramolecular Hbond substituents is 2. The second-order valence-corrected chi connectivity index (χ2v) is 5.55. The summed E-state index contributed by atoms with van der Waals surface area (Å²) in [4.78, 5) is 12.2. The first-order valence-corrected chi connectivity index (χ1v) is 7.43. The number of halogens is 1. The molecule has 5 nitrogen and oxygen atoms in total. The SMILES string of the molecule is COc1ccc(Cl)cc1C(=O)NCCc1cc(O)c(O)cc1C. The molecule has 0 fully saturated rings. The number of phenols is 2. The number of hydrogen-bond donors (Lipinski definition) is 3. The Labute approximate surface area is 139 Å². The topological polar surface area (TPSA) is 78.8 Å². The van der Waals surface area contributed by atoms with Crippen LogP contribution >= 0.6 is 11.6 Å². The highest BCUT2D eigenvalue weighted by Gasteiger charge is 2.13. The molecule has 0 atom stereocenters. The molecule has 3 N–H and O–H groups in total. The molecule has 0 aliphatic carbocycles. The Morgan fingerprint density at radius 2 is 1.91 bits per heavy atom. The fourth-order valence-electron chi connectivity index (χ4n) is 2.26. The van der Waals surface area contributed by atoms with Crippen LogP contribution in [0.15, 0.2) is 30.3 Å². The van der Waals surface area contributed by atoms with Gasteiger partial charge in [0.05, 0.1) is 12.7 Å². The van der Waals surface area contributed by atoms with E-state index in [9.17, 15) is 15.0 Å². The molecular weight excluding hydrogens is 318 g/mol. The molecule has 0 spiro atoms. The zero-order chi connectivity index (χ0) is 17.0. The van der Waals surface area contributed by atoms with Gasteiger partial charge in [0.25, 0.3) is 5.91 Å². The van der Waals surface area contributed by atoms with Gasteiger partial charge in [0.15, 0.2) is 11.5 Å². The Morgan fingerprint density at radius 3 is 2.61 bits per heavy atom. The third-order valence-corrected chi connectivity index (χ3v) is 3.75. The van der Waals surface area contributed by atoms with Crippen LogP contribution in [0.1, 0.15) is 21.5 Å². The summed E-state index contributed by atoms with van der Waals surface area (Å²) in [5, 5.41) is 22.2. The van der Waals surface area contributed by atoms with Crippen molar-refractivity contribution in [2.75, 3.05) is 13.7 Å². The number of carbonyl (C=O) groups excluding carboxylic acids is 1. The average Bonchev–Trinajstić information content (AvgIpc) is 2.52. The lowest BCUT2D eigenvalue weighted by Crippen LogP contribution is -2.26. The highest BCUT2D eigenvalue weighted by molar-refractivity contribution is 6.31. The van der Waals surface area contributed by atoms with Gasteiger partial charge in [-0.05, 0) is 54.8 Å². The predicted octanol–water partition coefficient (Wildman–Crippen LogP) is 3.04. The molecule has 2 rings (SSSR count). The molecule has 0 unspecified atom stereocenters. The minimum atomic E-state index is -0.287. The van der Waals surface area contributed by atoms with Gasteiger partial charge in [-0.3, -0.25) is 4.79 Å². The quantitative estimate of drug-likeness (QED) is 0.734. The van der Waals surface area contributed by atoms with E-state index in [1.54, 1.807) is 18.2 Å². The van der Waals surface area contributed by atoms with Crippen LogP contribution in [0.2, 0.25) is 5.02 Å². The predicted molar refractivity (Wildman–Crippen MR) is 88.5 cm³/mol. The number of rotatable bonds is 5. The third kappa shape index (κ3) is 4.07. The number of ether oxygens (including phenoxy) is 1. The van der Waals surface area contributed by atoms with E-state index in [1.165, 1.54) is 19.2 Å². The minimum absolute atomic E-state index is 0.154. The first kappa shape index (κ1) is 17.0. The molecule has 1 amide bonds. The van der Waals surface area contributed by atoms with Crippen LogP contribution in [-0.4, -0.2) is 29.8 Å². The van der Waals surface area contributed by atoms with Gasteiger partial charge < -0.3 is 20.3 Å². The normalized spacial score (nSPS) is 10.4. The summed E-state index contributed by atoms with van der Waals surface area (Å²) in [7, 11) is 1.49. The Hall–Kier alpha value is -2.40. The van der Waals surface area contributed by atoms with Crippen molar-refractivity contribution in [2.24, 2.45) is 0 Å². The maximum absolute atomic E-state index is 12.2. The van der Waals surface area contributed by atoms with Crippen LogP contribution in [0, 0.1) is 6.92 Å². The van der Waals surface area contributed by atoms with Gasteiger partial charge >= 0.3 is 0 Å². The van der Waals surface area contributed by atoms with Crippen molar-refractivity contribution < 1.29 is 19.7 Å². The van der Waals surface area contributed by atoms with Crippen molar-refractivity contribution >= 4 is 17.5 Å². The van der Waals surface area contributed by atoms with E-state index in [0.717, 1.165) is 11.1 Å². The summed E-state index contributed by atoms with van der Waals surface area (Å²) in [6.07, 6.45) is 0.522. The molecular formula is C17H18ClNO4. The van der Waals surface area contributed by atoms with E-state index in [4.69, 9.17) is 16.3 Å². The Kier molecular flexibility index (Phi) is 5.34. The first-order valence-electron chi connectivity index (χ1n) is 7.05. The van der Waals surface area contributed by atoms with E-state index in [1.807, 2.05) is 6.92 Å². The van der Waals surface area contributed by atoms with Gasteiger partial charge in [0.2, 0.25) is 0 Å². The highest BCUT2D eigenvalue weighted by atomic mass is 35.5. The fourth-order valence-corrected chi connectivity index (χ4v) is 2.43. The summed E-state index contributed by atoms with van der Waals surface area (Å²) in [6.45, 7) is 2.20. The van der Waals surface area contributed by atoms with Crippen LogP contribution in [0.5, 0.6) is 17.2 Å². The second-order valence-electron chi connectivity index (χ2n) is 5.12. The maximum Gasteiger partial charge on any atom is 0.255 e. The fraction of sp³-hybridized carbons (Fsp3) is 0.235. The van der Waals surface area contributed by atoms with E-state index >= 15 is 0 Å². The number of methoxy groups -OCH3 is 1. The molecule has 0 aliphatic rings. The molecule has 0 bridgehead atoms. The average molecular weight is 336 g/mol. The minimum Gasteiger partial charge on any atom is -0.504 e. The van der Waals surface area contributed by atoms with Gasteiger partial charge in [-0.15, -0.1) is 0 Å². The molecule has 0 heterocycles.